The lowest BCUT2D eigenvalue weighted by atomic mass is 9.78. The Balaban J connectivity index is 1.51. The van der Waals surface area contributed by atoms with Crippen molar-refractivity contribution in [2.75, 3.05) is 50.8 Å². The maximum absolute atomic E-state index is 13.2. The van der Waals surface area contributed by atoms with Crippen molar-refractivity contribution in [2.24, 2.45) is 11.3 Å². The molecule has 0 bridgehead atoms. The molecule has 3 amide bonds. The molecular formula is C18H24N4O3. The van der Waals surface area contributed by atoms with Gasteiger partial charge in [-0.1, -0.05) is 6.92 Å². The van der Waals surface area contributed by atoms with Crippen LogP contribution in [0.15, 0.2) is 24.5 Å². The Kier molecular flexibility index (Phi) is 4.11. The second-order valence-corrected chi connectivity index (χ2v) is 7.24. The third-order valence-electron chi connectivity index (χ3n) is 5.87. The number of ether oxygens (including phenoxy) is 1. The van der Waals surface area contributed by atoms with Crippen LogP contribution in [0.2, 0.25) is 0 Å². The maximum atomic E-state index is 13.2. The highest BCUT2D eigenvalue weighted by Crippen LogP contribution is 2.46. The van der Waals surface area contributed by atoms with Crippen LogP contribution >= 0.6 is 0 Å². The number of likely N-dealkylation sites (tertiary alicyclic amines) is 1. The van der Waals surface area contributed by atoms with Crippen molar-refractivity contribution in [1.29, 1.82) is 0 Å². The summed E-state index contributed by atoms with van der Waals surface area (Å²) in [6.07, 6.45) is 4.22. The van der Waals surface area contributed by atoms with E-state index in [9.17, 15) is 9.59 Å². The zero-order valence-electron chi connectivity index (χ0n) is 14.6. The number of urea groups is 1. The van der Waals surface area contributed by atoms with Gasteiger partial charge in [0.15, 0.2) is 0 Å². The molecule has 1 aromatic rings. The average molecular weight is 344 g/mol. The molecule has 0 N–H and O–H groups in total. The molecule has 3 saturated heterocycles. The van der Waals surface area contributed by atoms with Crippen LogP contribution in [0, 0.1) is 11.3 Å². The third-order valence-corrected chi connectivity index (χ3v) is 5.87. The van der Waals surface area contributed by atoms with Crippen LogP contribution in [0.25, 0.3) is 0 Å². The highest BCUT2D eigenvalue weighted by molar-refractivity contribution is 6.00. The van der Waals surface area contributed by atoms with E-state index < -0.39 is 5.41 Å². The fraction of sp³-hybridized carbons (Fsp3) is 0.611. The summed E-state index contributed by atoms with van der Waals surface area (Å²) in [5.41, 5.74) is 0.382. The SMILES string of the molecule is C[C@H]1CN(C(=O)N2CCOCC2)C[C@@]12CCN(c1cccnc1)C2=O. The zero-order chi connectivity index (χ0) is 17.4. The van der Waals surface area contributed by atoms with Gasteiger partial charge in [0.05, 0.1) is 30.5 Å². The summed E-state index contributed by atoms with van der Waals surface area (Å²) < 4.78 is 5.33. The number of hydrogen-bond acceptors (Lipinski definition) is 4. The van der Waals surface area contributed by atoms with Crippen LogP contribution in [0.5, 0.6) is 0 Å². The molecular weight excluding hydrogens is 320 g/mol. The van der Waals surface area contributed by atoms with Crippen molar-refractivity contribution in [3.8, 4) is 0 Å². The quantitative estimate of drug-likeness (QED) is 0.768. The first-order valence-electron chi connectivity index (χ1n) is 8.95. The van der Waals surface area contributed by atoms with Crippen LogP contribution in [-0.2, 0) is 9.53 Å². The summed E-state index contributed by atoms with van der Waals surface area (Å²) in [6.45, 7) is 6.38. The third kappa shape index (κ3) is 2.66. The van der Waals surface area contributed by atoms with E-state index in [4.69, 9.17) is 4.74 Å². The predicted molar refractivity (Wildman–Crippen MR) is 92.2 cm³/mol. The lowest BCUT2D eigenvalue weighted by Gasteiger charge is -2.31. The first kappa shape index (κ1) is 16.3. The Labute approximate surface area is 147 Å². The molecule has 0 aliphatic carbocycles. The Hall–Kier alpha value is -2.15. The van der Waals surface area contributed by atoms with Crippen LogP contribution in [0.3, 0.4) is 0 Å². The van der Waals surface area contributed by atoms with E-state index in [0.29, 0.717) is 45.9 Å². The van der Waals surface area contributed by atoms with Crippen molar-refractivity contribution in [3.05, 3.63) is 24.5 Å². The minimum absolute atomic E-state index is 0.0413. The molecule has 3 fully saturated rings. The lowest BCUT2D eigenvalue weighted by Crippen LogP contribution is -2.48. The van der Waals surface area contributed by atoms with E-state index in [1.807, 2.05) is 26.8 Å². The van der Waals surface area contributed by atoms with Gasteiger partial charge in [-0.05, 0) is 24.5 Å². The zero-order valence-corrected chi connectivity index (χ0v) is 14.6. The Morgan fingerprint density at radius 2 is 2.08 bits per heavy atom. The number of rotatable bonds is 1. The number of pyridine rings is 1. The Morgan fingerprint density at radius 3 is 2.80 bits per heavy atom. The summed E-state index contributed by atoms with van der Waals surface area (Å²) in [5, 5.41) is 0. The summed E-state index contributed by atoms with van der Waals surface area (Å²) in [4.78, 5) is 35.7. The van der Waals surface area contributed by atoms with Gasteiger partial charge in [-0.15, -0.1) is 0 Å². The van der Waals surface area contributed by atoms with Crippen LogP contribution in [0.4, 0.5) is 10.5 Å². The fourth-order valence-corrected chi connectivity index (χ4v) is 4.32. The molecule has 25 heavy (non-hydrogen) atoms. The van der Waals surface area contributed by atoms with E-state index in [1.54, 1.807) is 12.4 Å². The average Bonchev–Trinajstić information content (AvgIpc) is 3.17. The van der Waals surface area contributed by atoms with Crippen LogP contribution < -0.4 is 4.90 Å². The molecule has 1 spiro atoms. The summed E-state index contributed by atoms with van der Waals surface area (Å²) in [5.74, 6) is 0.289. The molecule has 0 aromatic carbocycles. The molecule has 4 heterocycles. The highest BCUT2D eigenvalue weighted by atomic mass is 16.5. The first-order valence-corrected chi connectivity index (χ1v) is 8.95. The van der Waals surface area contributed by atoms with E-state index in [0.717, 1.165) is 12.1 Å². The number of carbonyl (C=O) groups excluding carboxylic acids is 2. The van der Waals surface area contributed by atoms with Gasteiger partial charge in [0.2, 0.25) is 5.91 Å². The predicted octanol–water partition coefficient (Wildman–Crippen LogP) is 1.21. The smallest absolute Gasteiger partial charge is 0.320 e. The van der Waals surface area contributed by atoms with Gasteiger partial charge in [-0.3, -0.25) is 9.78 Å². The first-order chi connectivity index (χ1) is 12.1. The van der Waals surface area contributed by atoms with Gasteiger partial charge in [0.1, 0.15) is 0 Å². The van der Waals surface area contributed by atoms with Gasteiger partial charge in [0.25, 0.3) is 0 Å². The van der Waals surface area contributed by atoms with Gasteiger partial charge >= 0.3 is 6.03 Å². The van der Waals surface area contributed by atoms with Crippen molar-refractivity contribution in [3.63, 3.8) is 0 Å². The molecule has 0 radical (unpaired) electrons. The second-order valence-electron chi connectivity index (χ2n) is 7.24. The number of hydrogen-bond donors (Lipinski definition) is 0. The molecule has 7 nitrogen and oxygen atoms in total. The minimum Gasteiger partial charge on any atom is -0.378 e. The number of anilines is 1. The Morgan fingerprint density at radius 1 is 1.28 bits per heavy atom. The van der Waals surface area contributed by atoms with Crippen molar-refractivity contribution in [2.45, 2.75) is 13.3 Å². The lowest BCUT2D eigenvalue weighted by molar-refractivity contribution is -0.126. The molecule has 4 rings (SSSR count). The number of morpholine rings is 1. The van der Waals surface area contributed by atoms with Crippen molar-refractivity contribution >= 4 is 17.6 Å². The van der Waals surface area contributed by atoms with E-state index >= 15 is 0 Å². The van der Waals surface area contributed by atoms with Crippen LogP contribution in [-0.4, -0.2) is 72.7 Å². The number of aromatic nitrogens is 1. The van der Waals surface area contributed by atoms with Gasteiger partial charge in [-0.2, -0.15) is 0 Å². The summed E-state index contributed by atoms with van der Waals surface area (Å²) in [6, 6.07) is 3.81. The number of nitrogens with zero attached hydrogens (tertiary/aromatic N) is 4. The number of amides is 3. The second kappa shape index (κ2) is 6.29. The molecule has 7 heteroatoms. The molecule has 134 valence electrons. The molecule has 1 aromatic heterocycles. The standard InChI is InChI=1S/C18H24N4O3/c1-14-12-21(17(24)20-7-9-25-10-8-20)13-18(14)4-6-22(16(18)23)15-3-2-5-19-11-15/h2-3,5,11,14H,4,6-10,12-13H2,1H3/t14-,18-/m0/s1. The summed E-state index contributed by atoms with van der Waals surface area (Å²) in [7, 11) is 0. The monoisotopic (exact) mass is 344 g/mol. The molecule has 2 atom stereocenters. The van der Waals surface area contributed by atoms with Crippen LogP contribution in [0.1, 0.15) is 13.3 Å². The summed E-state index contributed by atoms with van der Waals surface area (Å²) >= 11 is 0. The van der Waals surface area contributed by atoms with E-state index in [1.165, 1.54) is 0 Å². The Bertz CT molecular complexity index is 662. The molecule has 3 aliphatic rings. The maximum Gasteiger partial charge on any atom is 0.320 e. The van der Waals surface area contributed by atoms with Gasteiger partial charge in [-0.25, -0.2) is 4.79 Å². The van der Waals surface area contributed by atoms with Crippen molar-refractivity contribution < 1.29 is 14.3 Å². The molecule has 3 aliphatic heterocycles. The van der Waals surface area contributed by atoms with Gasteiger partial charge in [0, 0.05) is 38.9 Å². The normalized spacial score (nSPS) is 29.7. The van der Waals surface area contributed by atoms with E-state index in [-0.39, 0.29) is 17.9 Å². The number of carbonyl (C=O) groups is 2. The molecule has 0 unspecified atom stereocenters. The molecule has 0 saturated carbocycles. The van der Waals surface area contributed by atoms with Gasteiger partial charge < -0.3 is 19.4 Å². The fourth-order valence-electron chi connectivity index (χ4n) is 4.32. The van der Waals surface area contributed by atoms with Crippen molar-refractivity contribution in [1.82, 2.24) is 14.8 Å². The topological polar surface area (TPSA) is 66.0 Å². The van der Waals surface area contributed by atoms with E-state index in [2.05, 4.69) is 11.9 Å². The largest absolute Gasteiger partial charge is 0.378 e. The highest BCUT2D eigenvalue weighted by Gasteiger charge is 2.56. The minimum atomic E-state index is -0.461.